The van der Waals surface area contributed by atoms with Gasteiger partial charge in [0.25, 0.3) is 5.91 Å². The summed E-state index contributed by atoms with van der Waals surface area (Å²) in [6.45, 7) is 0.733. The number of thioether (sulfide) groups is 1. The van der Waals surface area contributed by atoms with Gasteiger partial charge in [0.2, 0.25) is 0 Å². The number of hydrogen-bond acceptors (Lipinski definition) is 3. The van der Waals surface area contributed by atoms with Gasteiger partial charge in [-0.1, -0.05) is 17.7 Å². The average Bonchev–Trinajstić information content (AvgIpc) is 2.71. The van der Waals surface area contributed by atoms with Gasteiger partial charge in [-0.25, -0.2) is 4.98 Å². The third-order valence-corrected chi connectivity index (χ3v) is 6.43. The van der Waals surface area contributed by atoms with Crippen molar-refractivity contribution < 1.29 is 31.1 Å². The third-order valence-electron chi connectivity index (χ3n) is 4.92. The zero-order chi connectivity index (χ0) is 22.8. The van der Waals surface area contributed by atoms with Crippen LogP contribution in [-0.4, -0.2) is 34.6 Å². The maximum absolute atomic E-state index is 12.8. The summed E-state index contributed by atoms with van der Waals surface area (Å²) in [6.07, 6.45) is -7.17. The van der Waals surface area contributed by atoms with Crippen molar-refractivity contribution >= 4 is 29.3 Å². The Labute approximate surface area is 183 Å². The van der Waals surface area contributed by atoms with Crippen molar-refractivity contribution in [2.45, 2.75) is 30.1 Å². The first-order valence-electron chi connectivity index (χ1n) is 9.27. The van der Waals surface area contributed by atoms with Crippen molar-refractivity contribution in [3.8, 4) is 0 Å². The predicted molar refractivity (Wildman–Crippen MR) is 105 cm³/mol. The van der Waals surface area contributed by atoms with E-state index in [-0.39, 0.29) is 16.6 Å². The van der Waals surface area contributed by atoms with Gasteiger partial charge in [0.1, 0.15) is 5.69 Å². The molecule has 0 saturated carbocycles. The van der Waals surface area contributed by atoms with Gasteiger partial charge in [-0.15, -0.1) is 11.8 Å². The van der Waals surface area contributed by atoms with Crippen molar-refractivity contribution in [3.05, 3.63) is 58.4 Å². The number of carbonyl (C=O) groups is 1. The number of hydrogen-bond donors (Lipinski definition) is 0. The molecule has 1 saturated heterocycles. The second-order valence-corrected chi connectivity index (χ2v) is 8.62. The highest BCUT2D eigenvalue weighted by molar-refractivity contribution is 7.99. The predicted octanol–water partition coefficient (Wildman–Crippen LogP) is 6.42. The molecule has 0 bridgehead atoms. The number of pyridine rings is 1. The van der Waals surface area contributed by atoms with Crippen LogP contribution >= 0.6 is 23.4 Å². The average molecular weight is 483 g/mol. The van der Waals surface area contributed by atoms with E-state index in [1.165, 1.54) is 22.7 Å². The standard InChI is InChI=1S/C20H17ClF6N2OS/c21-16-9-14(20(25,26)27)10-28-17(16)18(30)29-6-4-12(5-7-29)11-31-15-3-1-2-13(8-15)19(22,23)24/h1-3,8-10,12H,4-7,11H2. The Bertz CT molecular complexity index is 942. The van der Waals surface area contributed by atoms with Gasteiger partial charge in [0.05, 0.1) is 16.1 Å². The molecule has 1 aliphatic heterocycles. The van der Waals surface area contributed by atoms with Gasteiger partial charge in [-0.2, -0.15) is 26.3 Å². The lowest BCUT2D eigenvalue weighted by atomic mass is 9.98. The van der Waals surface area contributed by atoms with Crippen LogP contribution in [0.3, 0.4) is 0 Å². The van der Waals surface area contributed by atoms with E-state index in [1.807, 2.05) is 0 Å². The molecular weight excluding hydrogens is 466 g/mol. The molecule has 1 amide bonds. The molecule has 3 nitrogen and oxygen atoms in total. The minimum absolute atomic E-state index is 0.194. The summed E-state index contributed by atoms with van der Waals surface area (Å²) in [4.78, 5) is 18.2. The Hall–Kier alpha value is -1.94. The second-order valence-electron chi connectivity index (χ2n) is 7.12. The molecule has 1 fully saturated rings. The number of amides is 1. The van der Waals surface area contributed by atoms with Crippen LogP contribution in [0.4, 0.5) is 26.3 Å². The number of aromatic nitrogens is 1. The smallest absolute Gasteiger partial charge is 0.337 e. The van der Waals surface area contributed by atoms with Crippen LogP contribution in [0.25, 0.3) is 0 Å². The van der Waals surface area contributed by atoms with Crippen molar-refractivity contribution in [2.75, 3.05) is 18.8 Å². The van der Waals surface area contributed by atoms with E-state index >= 15 is 0 Å². The highest BCUT2D eigenvalue weighted by Crippen LogP contribution is 2.34. The third kappa shape index (κ3) is 6.06. The maximum atomic E-state index is 12.8. The van der Waals surface area contributed by atoms with E-state index in [9.17, 15) is 31.1 Å². The monoisotopic (exact) mass is 482 g/mol. The summed E-state index contributed by atoms with van der Waals surface area (Å²) in [5.41, 5.74) is -1.95. The van der Waals surface area contributed by atoms with Crippen LogP contribution in [0.2, 0.25) is 5.02 Å². The maximum Gasteiger partial charge on any atom is 0.417 e. The highest BCUT2D eigenvalue weighted by Gasteiger charge is 2.33. The largest absolute Gasteiger partial charge is 0.417 e. The molecule has 2 aromatic rings. The van der Waals surface area contributed by atoms with E-state index in [1.54, 1.807) is 6.07 Å². The van der Waals surface area contributed by atoms with Crippen LogP contribution in [0.5, 0.6) is 0 Å². The van der Waals surface area contributed by atoms with E-state index in [0.29, 0.717) is 48.8 Å². The molecule has 1 aliphatic rings. The van der Waals surface area contributed by atoms with E-state index in [0.717, 1.165) is 12.1 Å². The Morgan fingerprint density at radius 2 is 1.71 bits per heavy atom. The van der Waals surface area contributed by atoms with Crippen molar-refractivity contribution in [3.63, 3.8) is 0 Å². The molecule has 1 aromatic carbocycles. The number of alkyl halides is 6. The molecule has 0 N–H and O–H groups in total. The molecule has 0 radical (unpaired) electrons. The second kappa shape index (κ2) is 9.28. The van der Waals surface area contributed by atoms with Crippen LogP contribution in [0.15, 0.2) is 41.4 Å². The fourth-order valence-corrected chi connectivity index (χ4v) is 4.57. The quantitative estimate of drug-likeness (QED) is 0.372. The molecule has 1 aromatic heterocycles. The normalized spacial score (nSPS) is 15.9. The molecule has 11 heteroatoms. The molecule has 0 aliphatic carbocycles. The number of carbonyl (C=O) groups excluding carboxylic acids is 1. The fourth-order valence-electron chi connectivity index (χ4n) is 3.18. The number of benzene rings is 1. The van der Waals surface area contributed by atoms with Crippen LogP contribution < -0.4 is 0 Å². The number of piperidine rings is 1. The minimum atomic E-state index is -4.60. The molecule has 3 rings (SSSR count). The van der Waals surface area contributed by atoms with Gasteiger partial charge < -0.3 is 4.90 Å². The SMILES string of the molecule is O=C(c1ncc(C(F)(F)F)cc1Cl)N1CCC(CSc2cccc(C(F)(F)F)c2)CC1. The van der Waals surface area contributed by atoms with E-state index in [4.69, 9.17) is 11.6 Å². The summed E-state index contributed by atoms with van der Waals surface area (Å²) in [5, 5.41) is -0.359. The minimum Gasteiger partial charge on any atom is -0.337 e. The molecule has 31 heavy (non-hydrogen) atoms. The van der Waals surface area contributed by atoms with Gasteiger partial charge in [0, 0.05) is 29.9 Å². The highest BCUT2D eigenvalue weighted by atomic mass is 35.5. The fraction of sp³-hybridized carbons (Fsp3) is 0.400. The van der Waals surface area contributed by atoms with Gasteiger partial charge in [-0.05, 0) is 43.0 Å². The first-order chi connectivity index (χ1) is 14.4. The van der Waals surface area contributed by atoms with Crippen LogP contribution in [0.1, 0.15) is 34.5 Å². The van der Waals surface area contributed by atoms with Crippen molar-refractivity contribution in [2.24, 2.45) is 5.92 Å². The number of halogens is 7. The van der Waals surface area contributed by atoms with Crippen molar-refractivity contribution in [1.82, 2.24) is 9.88 Å². The Balaban J connectivity index is 1.55. The summed E-state index contributed by atoms with van der Waals surface area (Å²) >= 11 is 7.17. The molecule has 2 heterocycles. The van der Waals surface area contributed by atoms with Gasteiger partial charge in [-0.3, -0.25) is 4.79 Å². The topological polar surface area (TPSA) is 33.2 Å². The molecule has 0 spiro atoms. The molecular formula is C20H17ClF6N2OS. The zero-order valence-corrected chi connectivity index (χ0v) is 17.5. The van der Waals surface area contributed by atoms with Gasteiger partial charge >= 0.3 is 12.4 Å². The Morgan fingerprint density at radius 3 is 2.29 bits per heavy atom. The van der Waals surface area contributed by atoms with E-state index in [2.05, 4.69) is 4.98 Å². The lowest BCUT2D eigenvalue weighted by Crippen LogP contribution is -2.39. The molecule has 0 atom stereocenters. The molecule has 168 valence electrons. The lowest BCUT2D eigenvalue weighted by Gasteiger charge is -2.32. The number of nitrogens with zero attached hydrogens (tertiary/aromatic N) is 2. The zero-order valence-electron chi connectivity index (χ0n) is 15.9. The number of likely N-dealkylation sites (tertiary alicyclic amines) is 1. The summed E-state index contributed by atoms with van der Waals surface area (Å²) in [7, 11) is 0. The summed E-state index contributed by atoms with van der Waals surface area (Å²) < 4.78 is 76.6. The first kappa shape index (κ1) is 23.7. The van der Waals surface area contributed by atoms with Crippen LogP contribution in [0, 0.1) is 5.92 Å². The van der Waals surface area contributed by atoms with Crippen LogP contribution in [-0.2, 0) is 12.4 Å². The summed E-state index contributed by atoms with van der Waals surface area (Å²) in [6, 6.07) is 5.81. The summed E-state index contributed by atoms with van der Waals surface area (Å²) in [5.74, 6) is 0.255. The lowest BCUT2D eigenvalue weighted by molar-refractivity contribution is -0.138. The first-order valence-corrected chi connectivity index (χ1v) is 10.6. The Kier molecular flexibility index (Phi) is 7.10. The molecule has 0 unspecified atom stereocenters. The van der Waals surface area contributed by atoms with Crippen molar-refractivity contribution in [1.29, 1.82) is 0 Å². The number of rotatable bonds is 4. The van der Waals surface area contributed by atoms with E-state index < -0.39 is 29.4 Å². The Morgan fingerprint density at radius 1 is 1.06 bits per heavy atom. The van der Waals surface area contributed by atoms with Gasteiger partial charge in [0.15, 0.2) is 0 Å².